The quantitative estimate of drug-likeness (QED) is 0.586. The summed E-state index contributed by atoms with van der Waals surface area (Å²) in [5, 5.41) is 9.61. The van der Waals surface area contributed by atoms with E-state index in [1.54, 1.807) is 23.7 Å². The minimum atomic E-state index is -0.555. The van der Waals surface area contributed by atoms with Gasteiger partial charge in [-0.15, -0.1) is 23.1 Å². The van der Waals surface area contributed by atoms with Gasteiger partial charge in [0.05, 0.1) is 25.3 Å². The molecule has 0 radical (unpaired) electrons. The van der Waals surface area contributed by atoms with Crippen LogP contribution >= 0.6 is 23.1 Å². The third-order valence-corrected chi connectivity index (χ3v) is 5.14. The zero-order chi connectivity index (χ0) is 19.6. The van der Waals surface area contributed by atoms with E-state index in [2.05, 4.69) is 16.0 Å². The normalized spacial score (nSPS) is 10.5. The van der Waals surface area contributed by atoms with E-state index in [1.165, 1.54) is 11.3 Å². The number of carbonyl (C=O) groups excluding carboxylic acids is 3. The number of carbonyl (C=O) groups is 3. The number of hydrogen-bond acceptors (Lipinski definition) is 6. The van der Waals surface area contributed by atoms with Crippen molar-refractivity contribution in [2.24, 2.45) is 0 Å². The molecule has 0 spiro atoms. The molecule has 2 rings (SSSR count). The van der Waals surface area contributed by atoms with E-state index in [9.17, 15) is 14.4 Å². The van der Waals surface area contributed by atoms with Crippen LogP contribution in [-0.2, 0) is 16.1 Å². The van der Waals surface area contributed by atoms with Gasteiger partial charge in [0.2, 0.25) is 11.8 Å². The van der Waals surface area contributed by atoms with Crippen molar-refractivity contribution in [3.05, 3.63) is 46.7 Å². The molecule has 4 amide bonds. The van der Waals surface area contributed by atoms with E-state index in [-0.39, 0.29) is 19.0 Å². The van der Waals surface area contributed by atoms with Crippen molar-refractivity contribution in [2.75, 3.05) is 31.7 Å². The Morgan fingerprint density at radius 1 is 1.07 bits per heavy atom. The van der Waals surface area contributed by atoms with Crippen molar-refractivity contribution in [2.45, 2.75) is 11.4 Å². The van der Waals surface area contributed by atoms with Gasteiger partial charge in [-0.25, -0.2) is 4.79 Å². The van der Waals surface area contributed by atoms with Crippen LogP contribution < -0.4 is 16.0 Å². The largest absolute Gasteiger partial charge is 0.333 e. The predicted molar refractivity (Wildman–Crippen MR) is 109 cm³/mol. The Kier molecular flexibility index (Phi) is 8.31. The molecule has 0 atom stereocenters. The molecule has 0 saturated carbocycles. The highest BCUT2D eigenvalue weighted by Crippen LogP contribution is 2.24. The maximum absolute atomic E-state index is 12.2. The first-order valence-electron chi connectivity index (χ1n) is 8.19. The second-order valence-electron chi connectivity index (χ2n) is 5.73. The molecule has 0 aliphatic heterocycles. The molecule has 1 heterocycles. The fourth-order valence-corrected chi connectivity index (χ4v) is 3.47. The zero-order valence-electron chi connectivity index (χ0n) is 15.2. The Balaban J connectivity index is 1.72. The minimum Gasteiger partial charge on any atom is -0.333 e. The Hall–Kier alpha value is -2.36. The maximum Gasteiger partial charge on any atom is 0.321 e. The maximum atomic E-state index is 12.2. The van der Waals surface area contributed by atoms with Crippen LogP contribution in [0.15, 0.2) is 46.7 Å². The van der Waals surface area contributed by atoms with Crippen LogP contribution in [0.25, 0.3) is 0 Å². The average molecular weight is 407 g/mol. The summed E-state index contributed by atoms with van der Waals surface area (Å²) in [5.41, 5.74) is 0.737. The topological polar surface area (TPSA) is 90.5 Å². The number of urea groups is 1. The standard InChI is InChI=1S/C18H22N4O3S2/c1-22(11-16(23)20-14-7-3-4-8-15(14)26-2)12-17(24)21-18(25)19-10-13-6-5-9-27-13/h3-9H,10-12H2,1-2H3,(H,20,23)(H2,19,21,24,25). The molecule has 144 valence electrons. The number of benzene rings is 1. The monoisotopic (exact) mass is 406 g/mol. The lowest BCUT2D eigenvalue weighted by molar-refractivity contribution is -0.122. The van der Waals surface area contributed by atoms with Gasteiger partial charge in [0.25, 0.3) is 0 Å². The van der Waals surface area contributed by atoms with Crippen LogP contribution in [0.4, 0.5) is 10.5 Å². The van der Waals surface area contributed by atoms with Gasteiger partial charge < -0.3 is 10.6 Å². The van der Waals surface area contributed by atoms with Gasteiger partial charge in [-0.05, 0) is 36.9 Å². The van der Waals surface area contributed by atoms with Crippen molar-refractivity contribution in [3.8, 4) is 0 Å². The Morgan fingerprint density at radius 3 is 2.52 bits per heavy atom. The number of nitrogens with zero attached hydrogens (tertiary/aromatic N) is 1. The molecule has 0 aliphatic carbocycles. The number of nitrogens with one attached hydrogen (secondary N) is 3. The van der Waals surface area contributed by atoms with E-state index in [0.29, 0.717) is 6.54 Å². The van der Waals surface area contributed by atoms with E-state index >= 15 is 0 Å². The summed E-state index contributed by atoms with van der Waals surface area (Å²) in [5.74, 6) is -0.701. The SMILES string of the molecule is CSc1ccccc1NC(=O)CN(C)CC(=O)NC(=O)NCc1cccs1. The highest BCUT2D eigenvalue weighted by molar-refractivity contribution is 7.98. The molecule has 0 saturated heterocycles. The number of likely N-dealkylation sites (N-methyl/N-ethyl adjacent to an activating group) is 1. The Labute approximate surface area is 166 Å². The second-order valence-corrected chi connectivity index (χ2v) is 7.61. The number of thiophene rings is 1. The lowest BCUT2D eigenvalue weighted by Gasteiger charge is -2.16. The number of imide groups is 1. The first-order chi connectivity index (χ1) is 13.0. The van der Waals surface area contributed by atoms with Crippen molar-refractivity contribution in [3.63, 3.8) is 0 Å². The van der Waals surface area contributed by atoms with Crippen LogP contribution in [0.5, 0.6) is 0 Å². The minimum absolute atomic E-state index is 0.0347. The molecule has 0 unspecified atom stereocenters. The summed E-state index contributed by atoms with van der Waals surface area (Å²) < 4.78 is 0. The summed E-state index contributed by atoms with van der Waals surface area (Å²) in [6.45, 7) is 0.334. The third-order valence-electron chi connectivity index (χ3n) is 3.46. The van der Waals surface area contributed by atoms with Crippen LogP contribution in [0, 0.1) is 0 Å². The molecule has 9 heteroatoms. The van der Waals surface area contributed by atoms with Gasteiger partial charge in [-0.2, -0.15) is 0 Å². The van der Waals surface area contributed by atoms with Gasteiger partial charge in [-0.1, -0.05) is 18.2 Å². The number of hydrogen-bond donors (Lipinski definition) is 3. The van der Waals surface area contributed by atoms with E-state index in [1.807, 2.05) is 48.0 Å². The molecular formula is C18H22N4O3S2. The number of rotatable bonds is 8. The van der Waals surface area contributed by atoms with Crippen LogP contribution in [0.3, 0.4) is 0 Å². The molecule has 0 bridgehead atoms. The van der Waals surface area contributed by atoms with E-state index in [0.717, 1.165) is 15.5 Å². The molecule has 0 fully saturated rings. The van der Waals surface area contributed by atoms with Crippen LogP contribution in [-0.4, -0.2) is 49.1 Å². The number of anilines is 1. The van der Waals surface area contributed by atoms with Crippen molar-refractivity contribution >= 4 is 46.6 Å². The fraction of sp³-hybridized carbons (Fsp3) is 0.278. The average Bonchev–Trinajstić information content (AvgIpc) is 3.13. The summed E-state index contributed by atoms with van der Waals surface area (Å²) in [7, 11) is 1.64. The molecular weight excluding hydrogens is 384 g/mol. The van der Waals surface area contributed by atoms with Gasteiger partial charge in [0, 0.05) is 9.77 Å². The van der Waals surface area contributed by atoms with E-state index in [4.69, 9.17) is 0 Å². The van der Waals surface area contributed by atoms with Gasteiger partial charge >= 0.3 is 6.03 Å². The molecule has 1 aromatic heterocycles. The summed E-state index contributed by atoms with van der Waals surface area (Å²) in [4.78, 5) is 39.3. The molecule has 0 aliphatic rings. The Morgan fingerprint density at radius 2 is 1.81 bits per heavy atom. The number of thioether (sulfide) groups is 1. The summed E-state index contributed by atoms with van der Waals surface area (Å²) in [6, 6.07) is 10.7. The number of amides is 4. The predicted octanol–water partition coefficient (Wildman–Crippen LogP) is 2.37. The van der Waals surface area contributed by atoms with Crippen LogP contribution in [0.2, 0.25) is 0 Å². The van der Waals surface area contributed by atoms with E-state index < -0.39 is 11.9 Å². The van der Waals surface area contributed by atoms with Gasteiger partial charge in [0.15, 0.2) is 0 Å². The molecule has 27 heavy (non-hydrogen) atoms. The fourth-order valence-electron chi connectivity index (χ4n) is 2.27. The molecule has 2 aromatic rings. The Bertz CT molecular complexity index is 781. The van der Waals surface area contributed by atoms with Crippen molar-refractivity contribution < 1.29 is 14.4 Å². The van der Waals surface area contributed by atoms with Gasteiger partial charge in [-0.3, -0.25) is 19.8 Å². The highest BCUT2D eigenvalue weighted by atomic mass is 32.2. The smallest absolute Gasteiger partial charge is 0.321 e. The summed E-state index contributed by atoms with van der Waals surface area (Å²) in [6.07, 6.45) is 1.94. The third kappa shape index (κ3) is 7.41. The first-order valence-corrected chi connectivity index (χ1v) is 10.3. The van der Waals surface area contributed by atoms with Crippen molar-refractivity contribution in [1.82, 2.24) is 15.5 Å². The van der Waals surface area contributed by atoms with Gasteiger partial charge in [0.1, 0.15) is 0 Å². The second kappa shape index (κ2) is 10.7. The zero-order valence-corrected chi connectivity index (χ0v) is 16.8. The highest BCUT2D eigenvalue weighted by Gasteiger charge is 2.14. The lowest BCUT2D eigenvalue weighted by atomic mass is 10.3. The lowest BCUT2D eigenvalue weighted by Crippen LogP contribution is -2.44. The molecule has 1 aromatic carbocycles. The van der Waals surface area contributed by atoms with Crippen LogP contribution in [0.1, 0.15) is 4.88 Å². The molecule has 3 N–H and O–H groups in total. The number of para-hydroxylation sites is 1. The molecule has 7 nitrogen and oxygen atoms in total. The van der Waals surface area contributed by atoms with Crippen molar-refractivity contribution in [1.29, 1.82) is 0 Å². The summed E-state index contributed by atoms with van der Waals surface area (Å²) >= 11 is 3.06. The first kappa shape index (κ1) is 20.9.